The van der Waals surface area contributed by atoms with Gasteiger partial charge in [-0.3, -0.25) is 9.59 Å². The molecule has 2 aliphatic rings. The molecule has 1 saturated heterocycles. The molecule has 0 spiro atoms. The first kappa shape index (κ1) is 23.0. The largest absolute Gasteiger partial charge is 0.343 e. The summed E-state index contributed by atoms with van der Waals surface area (Å²) in [6, 6.07) is 9.44. The molecule has 0 bridgehead atoms. The van der Waals surface area contributed by atoms with E-state index in [1.54, 1.807) is 0 Å². The molecule has 0 unspecified atom stereocenters. The predicted octanol–water partition coefficient (Wildman–Crippen LogP) is 4.28. The molecule has 7 nitrogen and oxygen atoms in total. The van der Waals surface area contributed by atoms with Gasteiger partial charge in [-0.15, -0.1) is 10.2 Å². The van der Waals surface area contributed by atoms with Crippen LogP contribution in [0.15, 0.2) is 34.7 Å². The summed E-state index contributed by atoms with van der Waals surface area (Å²) in [6.45, 7) is 3.04. The van der Waals surface area contributed by atoms with Crippen molar-refractivity contribution in [1.82, 2.24) is 15.1 Å². The van der Waals surface area contributed by atoms with Gasteiger partial charge in [-0.2, -0.15) is 0 Å². The van der Waals surface area contributed by atoms with Gasteiger partial charge in [0.15, 0.2) is 4.34 Å². The maximum Gasteiger partial charge on any atom is 0.234 e. The summed E-state index contributed by atoms with van der Waals surface area (Å²) in [5.41, 5.74) is 0.794. The summed E-state index contributed by atoms with van der Waals surface area (Å²) in [4.78, 5) is 28.9. The first-order valence-corrected chi connectivity index (χ1v) is 13.3. The van der Waals surface area contributed by atoms with Crippen molar-refractivity contribution in [1.29, 1.82) is 0 Å². The molecule has 1 N–H and O–H groups in total. The van der Waals surface area contributed by atoms with Gasteiger partial charge in [0.05, 0.1) is 5.75 Å². The second-order valence-electron chi connectivity index (χ2n) is 8.46. The Balaban J connectivity index is 1.17. The number of hydrogen-bond acceptors (Lipinski definition) is 7. The average Bonchev–Trinajstić information content (AvgIpc) is 3.32. The highest BCUT2D eigenvalue weighted by molar-refractivity contribution is 8.01. The predicted molar refractivity (Wildman–Crippen MR) is 130 cm³/mol. The van der Waals surface area contributed by atoms with E-state index in [2.05, 4.69) is 20.4 Å². The van der Waals surface area contributed by atoms with Crippen LogP contribution >= 0.6 is 23.1 Å². The van der Waals surface area contributed by atoms with Gasteiger partial charge >= 0.3 is 0 Å². The number of benzene rings is 1. The van der Waals surface area contributed by atoms with Crippen LogP contribution in [-0.4, -0.2) is 58.8 Å². The van der Waals surface area contributed by atoms with Gasteiger partial charge < -0.3 is 15.1 Å². The number of para-hydroxylation sites is 1. The molecule has 1 saturated carbocycles. The van der Waals surface area contributed by atoms with E-state index >= 15 is 0 Å². The minimum Gasteiger partial charge on any atom is -0.343 e. The van der Waals surface area contributed by atoms with Crippen LogP contribution in [0.3, 0.4) is 0 Å². The Morgan fingerprint density at radius 2 is 1.78 bits per heavy atom. The van der Waals surface area contributed by atoms with Crippen molar-refractivity contribution < 1.29 is 9.59 Å². The fourth-order valence-electron chi connectivity index (χ4n) is 4.34. The maximum atomic E-state index is 12.6. The number of carbonyl (C=O) groups excluding carboxylic acids is 2. The van der Waals surface area contributed by atoms with E-state index in [4.69, 9.17) is 0 Å². The highest BCUT2D eigenvalue weighted by Gasteiger charge is 2.24. The molecule has 2 fully saturated rings. The molecular formula is C23H31N5O2S2. The van der Waals surface area contributed by atoms with Crippen LogP contribution < -0.4 is 10.2 Å². The van der Waals surface area contributed by atoms with E-state index in [1.165, 1.54) is 55.2 Å². The lowest BCUT2D eigenvalue weighted by molar-refractivity contribution is -0.131. The number of thioether (sulfide) groups is 1. The van der Waals surface area contributed by atoms with Crippen molar-refractivity contribution in [3.63, 3.8) is 0 Å². The third kappa shape index (κ3) is 6.68. The molecule has 1 aliphatic carbocycles. The highest BCUT2D eigenvalue weighted by Crippen LogP contribution is 2.30. The summed E-state index contributed by atoms with van der Waals surface area (Å²) >= 11 is 2.91. The number of rotatable bonds is 8. The number of amides is 2. The monoisotopic (exact) mass is 473 g/mol. The molecule has 4 rings (SSSR count). The Hall–Kier alpha value is -2.13. The van der Waals surface area contributed by atoms with Crippen LogP contribution in [-0.2, 0) is 9.59 Å². The van der Waals surface area contributed by atoms with E-state index in [1.807, 2.05) is 35.2 Å². The minimum atomic E-state index is -0.0571. The van der Waals surface area contributed by atoms with Crippen LogP contribution in [0.2, 0.25) is 0 Å². The quantitative estimate of drug-likeness (QED) is 0.577. The second-order valence-corrected chi connectivity index (χ2v) is 10.6. The zero-order chi connectivity index (χ0) is 22.2. The van der Waals surface area contributed by atoms with E-state index in [0.717, 1.165) is 53.7 Å². The fraction of sp³-hybridized carbons (Fsp3) is 0.565. The molecular weight excluding hydrogens is 442 g/mol. The van der Waals surface area contributed by atoms with Crippen LogP contribution in [0, 0.1) is 5.92 Å². The third-order valence-electron chi connectivity index (χ3n) is 6.17. The van der Waals surface area contributed by atoms with Gasteiger partial charge in [0.1, 0.15) is 0 Å². The summed E-state index contributed by atoms with van der Waals surface area (Å²) < 4.78 is 0.786. The van der Waals surface area contributed by atoms with Gasteiger partial charge in [0.25, 0.3) is 0 Å². The lowest BCUT2D eigenvalue weighted by atomic mass is 9.86. The van der Waals surface area contributed by atoms with Gasteiger partial charge in [0.2, 0.25) is 16.9 Å². The number of anilines is 2. The number of piperazine rings is 1. The molecule has 1 aliphatic heterocycles. The Morgan fingerprint density at radius 3 is 2.53 bits per heavy atom. The standard InChI is InChI=1S/C23H31N5O2S2/c29-20(24-19-9-5-2-6-10-19)17-31-23-26-25-22(32-23)28-15-13-27(14-16-28)21(30)12-11-18-7-3-1-4-8-18/h2,5-6,9-10,18H,1,3-4,7-8,11-17H2,(H,24,29). The van der Waals surface area contributed by atoms with E-state index < -0.39 is 0 Å². The molecule has 32 heavy (non-hydrogen) atoms. The zero-order valence-electron chi connectivity index (χ0n) is 18.4. The number of hydrogen-bond donors (Lipinski definition) is 1. The Labute approximate surface area is 198 Å². The first-order chi connectivity index (χ1) is 15.7. The van der Waals surface area contributed by atoms with E-state index in [0.29, 0.717) is 18.1 Å². The molecule has 2 heterocycles. The third-order valence-corrected chi connectivity index (χ3v) is 8.29. The SMILES string of the molecule is O=C(CSc1nnc(N2CCN(C(=O)CCC3CCCCC3)CC2)s1)Nc1ccccc1. The molecule has 0 radical (unpaired) electrons. The van der Waals surface area contributed by atoms with Gasteiger partial charge in [-0.05, 0) is 24.5 Å². The summed E-state index contributed by atoms with van der Waals surface area (Å²) in [7, 11) is 0. The molecule has 1 aromatic carbocycles. The number of aromatic nitrogens is 2. The van der Waals surface area contributed by atoms with Crippen molar-refractivity contribution >= 4 is 45.7 Å². The maximum absolute atomic E-state index is 12.6. The van der Waals surface area contributed by atoms with Crippen LogP contribution in [0.1, 0.15) is 44.9 Å². The number of carbonyl (C=O) groups is 2. The molecule has 172 valence electrons. The zero-order valence-corrected chi connectivity index (χ0v) is 20.0. The minimum absolute atomic E-state index is 0.0571. The van der Waals surface area contributed by atoms with Crippen LogP contribution in [0.5, 0.6) is 0 Å². The van der Waals surface area contributed by atoms with Crippen molar-refractivity contribution in [2.24, 2.45) is 5.92 Å². The van der Waals surface area contributed by atoms with Crippen LogP contribution in [0.25, 0.3) is 0 Å². The Morgan fingerprint density at radius 1 is 1.03 bits per heavy atom. The molecule has 1 aromatic heterocycles. The van der Waals surface area contributed by atoms with Crippen LogP contribution in [0.4, 0.5) is 10.8 Å². The summed E-state index contributed by atoms with van der Waals surface area (Å²) in [5.74, 6) is 1.29. The fourth-order valence-corrected chi connectivity index (χ4v) is 6.04. The second kappa shape index (κ2) is 11.7. The molecule has 0 atom stereocenters. The van der Waals surface area contributed by atoms with Crippen molar-refractivity contribution in [3.05, 3.63) is 30.3 Å². The lowest BCUT2D eigenvalue weighted by Gasteiger charge is -2.34. The average molecular weight is 474 g/mol. The Bertz CT molecular complexity index is 878. The normalized spacial score (nSPS) is 17.4. The van der Waals surface area contributed by atoms with E-state index in [-0.39, 0.29) is 5.91 Å². The summed E-state index contributed by atoms with van der Waals surface area (Å²) in [5, 5.41) is 12.3. The molecule has 2 amide bonds. The van der Waals surface area contributed by atoms with Crippen molar-refractivity contribution in [2.75, 3.05) is 42.1 Å². The van der Waals surface area contributed by atoms with Gasteiger partial charge in [-0.1, -0.05) is 73.4 Å². The topological polar surface area (TPSA) is 78.4 Å². The Kier molecular flexibility index (Phi) is 8.39. The lowest BCUT2D eigenvalue weighted by Crippen LogP contribution is -2.48. The van der Waals surface area contributed by atoms with Crippen molar-refractivity contribution in [3.8, 4) is 0 Å². The van der Waals surface area contributed by atoms with Gasteiger partial charge in [0, 0.05) is 38.3 Å². The number of nitrogens with zero attached hydrogens (tertiary/aromatic N) is 4. The first-order valence-electron chi connectivity index (χ1n) is 11.5. The molecule has 2 aromatic rings. The van der Waals surface area contributed by atoms with Crippen molar-refractivity contribution in [2.45, 2.75) is 49.3 Å². The summed E-state index contributed by atoms with van der Waals surface area (Å²) in [6.07, 6.45) is 8.36. The smallest absolute Gasteiger partial charge is 0.234 e. The van der Waals surface area contributed by atoms with Gasteiger partial charge in [-0.25, -0.2) is 0 Å². The molecule has 9 heteroatoms. The highest BCUT2D eigenvalue weighted by atomic mass is 32.2. The van der Waals surface area contributed by atoms with E-state index in [9.17, 15) is 9.59 Å². The number of nitrogens with one attached hydrogen (secondary N) is 1.